The number of carbonyl (C=O) groups excluding carboxylic acids is 1. The molecule has 1 aliphatic carbocycles. The van der Waals surface area contributed by atoms with E-state index < -0.39 is 0 Å². The number of halogens is 1. The molecule has 0 saturated heterocycles. The van der Waals surface area contributed by atoms with Crippen molar-refractivity contribution in [1.82, 2.24) is 5.32 Å². The molecule has 5 nitrogen and oxygen atoms in total. The Morgan fingerprint density at radius 3 is 2.48 bits per heavy atom. The molecule has 0 spiro atoms. The third-order valence-electron chi connectivity index (χ3n) is 4.70. The molecule has 0 bridgehead atoms. The zero-order valence-corrected chi connectivity index (χ0v) is 14.4. The van der Waals surface area contributed by atoms with Crippen LogP contribution in [0.3, 0.4) is 0 Å². The van der Waals surface area contributed by atoms with Crippen LogP contribution in [-0.2, 0) is 5.41 Å². The second-order valence-corrected chi connectivity index (χ2v) is 6.89. The van der Waals surface area contributed by atoms with Gasteiger partial charge in [0.15, 0.2) is 11.5 Å². The monoisotopic (exact) mass is 358 g/mol. The van der Waals surface area contributed by atoms with E-state index in [1.54, 1.807) is 18.2 Å². The van der Waals surface area contributed by atoms with Gasteiger partial charge in [-0.1, -0.05) is 23.7 Å². The van der Waals surface area contributed by atoms with E-state index >= 15 is 0 Å². The lowest BCUT2D eigenvalue weighted by molar-refractivity contribution is 0.171. The summed E-state index contributed by atoms with van der Waals surface area (Å²) in [7, 11) is 0. The van der Waals surface area contributed by atoms with Crippen molar-refractivity contribution in [2.24, 2.45) is 0 Å². The van der Waals surface area contributed by atoms with Gasteiger partial charge >= 0.3 is 6.03 Å². The van der Waals surface area contributed by atoms with E-state index in [1.165, 1.54) is 5.56 Å². The molecule has 2 aromatic rings. The Hall–Kier alpha value is -2.40. The summed E-state index contributed by atoms with van der Waals surface area (Å²) in [6, 6.07) is 13.0. The van der Waals surface area contributed by atoms with Gasteiger partial charge < -0.3 is 20.1 Å². The Morgan fingerprint density at radius 2 is 1.76 bits per heavy atom. The summed E-state index contributed by atoms with van der Waals surface area (Å²) in [5.74, 6) is 1.36. The zero-order valence-electron chi connectivity index (χ0n) is 13.7. The Labute approximate surface area is 151 Å². The van der Waals surface area contributed by atoms with Crippen LogP contribution in [0.5, 0.6) is 11.5 Å². The van der Waals surface area contributed by atoms with Crippen molar-refractivity contribution in [2.75, 3.05) is 25.1 Å². The fraction of sp³-hybridized carbons (Fsp3) is 0.316. The average molecular weight is 359 g/mol. The quantitative estimate of drug-likeness (QED) is 0.869. The van der Waals surface area contributed by atoms with Gasteiger partial charge in [0.25, 0.3) is 0 Å². The first kappa shape index (κ1) is 16.1. The Morgan fingerprint density at radius 1 is 1.04 bits per heavy atom. The molecular formula is C19H19ClN2O3. The largest absolute Gasteiger partial charge is 0.486 e. The van der Waals surface area contributed by atoms with Crippen molar-refractivity contribution >= 4 is 23.3 Å². The highest BCUT2D eigenvalue weighted by Gasteiger charge is 2.44. The van der Waals surface area contributed by atoms with E-state index in [0.717, 1.165) is 17.9 Å². The highest BCUT2D eigenvalue weighted by atomic mass is 35.5. The topological polar surface area (TPSA) is 59.6 Å². The lowest BCUT2D eigenvalue weighted by Crippen LogP contribution is -2.35. The van der Waals surface area contributed by atoms with Gasteiger partial charge in [-0.05, 0) is 42.7 Å². The minimum Gasteiger partial charge on any atom is -0.486 e. The van der Waals surface area contributed by atoms with Crippen LogP contribution in [-0.4, -0.2) is 25.8 Å². The van der Waals surface area contributed by atoms with Gasteiger partial charge in [-0.3, -0.25) is 0 Å². The van der Waals surface area contributed by atoms with E-state index in [2.05, 4.69) is 10.6 Å². The van der Waals surface area contributed by atoms with E-state index in [0.29, 0.717) is 36.9 Å². The summed E-state index contributed by atoms with van der Waals surface area (Å²) >= 11 is 5.95. The van der Waals surface area contributed by atoms with Gasteiger partial charge in [-0.25, -0.2) is 4.79 Å². The van der Waals surface area contributed by atoms with Crippen LogP contribution in [0, 0.1) is 0 Å². The number of hydrogen-bond donors (Lipinski definition) is 2. The Kier molecular flexibility index (Phi) is 4.17. The van der Waals surface area contributed by atoms with Crippen LogP contribution < -0.4 is 20.1 Å². The Bertz CT molecular complexity index is 788. The number of carbonyl (C=O) groups is 1. The molecule has 1 fully saturated rings. The van der Waals surface area contributed by atoms with E-state index in [1.807, 2.05) is 24.3 Å². The minimum absolute atomic E-state index is 0.0364. The van der Waals surface area contributed by atoms with Crippen LogP contribution in [0.4, 0.5) is 10.5 Å². The average Bonchev–Trinajstić information content (AvgIpc) is 3.42. The molecule has 2 aromatic carbocycles. The first-order valence-corrected chi connectivity index (χ1v) is 8.73. The summed E-state index contributed by atoms with van der Waals surface area (Å²) in [5.41, 5.74) is 1.93. The molecule has 2 N–H and O–H groups in total. The molecule has 1 saturated carbocycles. The van der Waals surface area contributed by atoms with Gasteiger partial charge in [0.2, 0.25) is 0 Å². The van der Waals surface area contributed by atoms with Gasteiger partial charge in [0, 0.05) is 28.7 Å². The second-order valence-electron chi connectivity index (χ2n) is 6.45. The highest BCUT2D eigenvalue weighted by molar-refractivity contribution is 6.30. The van der Waals surface area contributed by atoms with Crippen molar-refractivity contribution < 1.29 is 14.3 Å². The lowest BCUT2D eigenvalue weighted by atomic mass is 9.96. The maximum absolute atomic E-state index is 12.2. The Balaban J connectivity index is 1.36. The molecule has 25 heavy (non-hydrogen) atoms. The normalized spacial score (nSPS) is 16.8. The fourth-order valence-electron chi connectivity index (χ4n) is 3.07. The van der Waals surface area contributed by atoms with Crippen molar-refractivity contribution in [3.8, 4) is 11.5 Å². The number of urea groups is 1. The lowest BCUT2D eigenvalue weighted by Gasteiger charge is -2.20. The number of benzene rings is 2. The summed E-state index contributed by atoms with van der Waals surface area (Å²) in [5, 5.41) is 6.54. The number of hydrogen-bond acceptors (Lipinski definition) is 3. The van der Waals surface area contributed by atoms with E-state index in [9.17, 15) is 4.79 Å². The summed E-state index contributed by atoms with van der Waals surface area (Å²) in [6.45, 7) is 1.67. The number of fused-ring (bicyclic) bond motifs is 1. The molecule has 0 radical (unpaired) electrons. The smallest absolute Gasteiger partial charge is 0.319 e. The summed E-state index contributed by atoms with van der Waals surface area (Å²) in [4.78, 5) is 12.2. The highest BCUT2D eigenvalue weighted by Crippen LogP contribution is 2.47. The van der Waals surface area contributed by atoms with Gasteiger partial charge in [0.1, 0.15) is 13.2 Å². The molecule has 2 aliphatic rings. The molecule has 1 heterocycles. The number of nitrogens with one attached hydrogen (secondary N) is 2. The van der Waals surface area contributed by atoms with Crippen LogP contribution in [0.1, 0.15) is 18.4 Å². The minimum atomic E-state index is -0.225. The number of anilines is 1. The fourth-order valence-corrected chi connectivity index (χ4v) is 3.19. The van der Waals surface area contributed by atoms with Crippen LogP contribution in [0.2, 0.25) is 5.02 Å². The molecular weight excluding hydrogens is 340 g/mol. The SMILES string of the molecule is O=C(NCC1(c2ccc(Cl)cc2)CC1)Nc1ccc2c(c1)OCCO2. The number of rotatable bonds is 4. The molecule has 2 amide bonds. The predicted octanol–water partition coefficient (Wildman–Crippen LogP) is 3.96. The first-order valence-electron chi connectivity index (χ1n) is 8.35. The number of amides is 2. The summed E-state index contributed by atoms with van der Waals surface area (Å²) < 4.78 is 11.0. The van der Waals surface area contributed by atoms with E-state index in [4.69, 9.17) is 21.1 Å². The molecule has 0 atom stereocenters. The standard InChI is InChI=1S/C19H19ClN2O3/c20-14-3-1-13(2-4-14)19(7-8-19)12-21-18(23)22-15-5-6-16-17(11-15)25-10-9-24-16/h1-6,11H,7-10,12H2,(H2,21,22,23). The van der Waals surface area contributed by atoms with Gasteiger partial charge in [-0.15, -0.1) is 0 Å². The maximum atomic E-state index is 12.2. The maximum Gasteiger partial charge on any atom is 0.319 e. The third-order valence-corrected chi connectivity index (χ3v) is 4.95. The third kappa shape index (κ3) is 3.51. The molecule has 0 aromatic heterocycles. The van der Waals surface area contributed by atoms with Crippen molar-refractivity contribution in [3.63, 3.8) is 0 Å². The van der Waals surface area contributed by atoms with Crippen LogP contribution >= 0.6 is 11.6 Å². The summed E-state index contributed by atoms with van der Waals surface area (Å²) in [6.07, 6.45) is 2.14. The molecule has 6 heteroatoms. The first-order chi connectivity index (χ1) is 12.1. The second kappa shape index (κ2) is 6.48. The molecule has 0 unspecified atom stereocenters. The van der Waals surface area contributed by atoms with Crippen molar-refractivity contribution in [1.29, 1.82) is 0 Å². The molecule has 130 valence electrons. The van der Waals surface area contributed by atoms with Crippen molar-refractivity contribution in [2.45, 2.75) is 18.3 Å². The zero-order chi connectivity index (χ0) is 17.3. The van der Waals surface area contributed by atoms with E-state index in [-0.39, 0.29) is 11.4 Å². The van der Waals surface area contributed by atoms with Crippen LogP contribution in [0.25, 0.3) is 0 Å². The van der Waals surface area contributed by atoms with Gasteiger partial charge in [-0.2, -0.15) is 0 Å². The van der Waals surface area contributed by atoms with Crippen LogP contribution in [0.15, 0.2) is 42.5 Å². The van der Waals surface area contributed by atoms with Gasteiger partial charge in [0.05, 0.1) is 0 Å². The van der Waals surface area contributed by atoms with Crippen molar-refractivity contribution in [3.05, 3.63) is 53.1 Å². The molecule has 4 rings (SSSR count). The molecule has 1 aliphatic heterocycles. The predicted molar refractivity (Wildman–Crippen MR) is 96.8 cm³/mol. The number of ether oxygens (including phenoxy) is 2.